The smallest absolute Gasteiger partial charge is 0.237 e. The van der Waals surface area contributed by atoms with Crippen molar-refractivity contribution in [3.05, 3.63) is 35.4 Å². The van der Waals surface area contributed by atoms with E-state index in [1.54, 1.807) is 0 Å². The number of hydrogen-bond donors (Lipinski definition) is 2. The van der Waals surface area contributed by atoms with E-state index in [2.05, 4.69) is 5.32 Å². The molecule has 0 bridgehead atoms. The molecule has 4 heteroatoms. The van der Waals surface area contributed by atoms with Crippen LogP contribution in [0.5, 0.6) is 0 Å². The molecule has 1 fully saturated rings. The summed E-state index contributed by atoms with van der Waals surface area (Å²) in [5, 5.41) is 13.4. The molecular weight excluding hydrogens is 264 g/mol. The molecule has 116 valence electrons. The lowest BCUT2D eigenvalue weighted by atomic mass is 10.1. The van der Waals surface area contributed by atoms with Crippen LogP contribution in [0.3, 0.4) is 0 Å². The maximum atomic E-state index is 12.1. The van der Waals surface area contributed by atoms with Gasteiger partial charge in [-0.1, -0.05) is 36.8 Å². The van der Waals surface area contributed by atoms with E-state index < -0.39 is 6.10 Å². The lowest BCUT2D eigenvalue weighted by Crippen LogP contribution is -2.47. The van der Waals surface area contributed by atoms with Gasteiger partial charge in [0.1, 0.15) is 0 Å². The largest absolute Gasteiger partial charge is 0.387 e. The van der Waals surface area contributed by atoms with E-state index in [0.717, 1.165) is 24.9 Å². The fourth-order valence-electron chi connectivity index (χ4n) is 2.39. The minimum atomic E-state index is -0.568. The highest BCUT2D eigenvalue weighted by Gasteiger charge is 2.28. The summed E-state index contributed by atoms with van der Waals surface area (Å²) < 4.78 is 0. The van der Waals surface area contributed by atoms with Crippen molar-refractivity contribution < 1.29 is 9.90 Å². The van der Waals surface area contributed by atoms with Crippen molar-refractivity contribution in [1.82, 2.24) is 10.2 Å². The Morgan fingerprint density at radius 2 is 2.00 bits per heavy atom. The molecule has 1 aliphatic carbocycles. The number of nitrogens with zero attached hydrogens (tertiary/aromatic N) is 1. The molecule has 2 rings (SSSR count). The highest BCUT2D eigenvalue weighted by Crippen LogP contribution is 2.20. The monoisotopic (exact) mass is 290 g/mol. The molecule has 0 heterocycles. The summed E-state index contributed by atoms with van der Waals surface area (Å²) in [6.07, 6.45) is 1.62. The predicted molar refractivity (Wildman–Crippen MR) is 84.0 cm³/mol. The number of aliphatic hydroxyl groups is 1. The molecule has 0 spiro atoms. The molecule has 4 nitrogen and oxygen atoms in total. The number of nitrogens with one attached hydrogen (secondary N) is 1. The average molecular weight is 290 g/mol. The average Bonchev–Trinajstić information content (AvgIpc) is 3.28. The SMILES string of the molecule is CCN(CC(O)c1ccc(C)cc1)C(C)C(=O)NC1CC1. The van der Waals surface area contributed by atoms with E-state index in [4.69, 9.17) is 0 Å². The highest BCUT2D eigenvalue weighted by atomic mass is 16.3. The van der Waals surface area contributed by atoms with Crippen LogP contribution in [0, 0.1) is 6.92 Å². The van der Waals surface area contributed by atoms with Gasteiger partial charge in [0.2, 0.25) is 5.91 Å². The van der Waals surface area contributed by atoms with Crippen LogP contribution >= 0.6 is 0 Å². The zero-order chi connectivity index (χ0) is 15.4. The van der Waals surface area contributed by atoms with Gasteiger partial charge in [0, 0.05) is 12.6 Å². The Morgan fingerprint density at radius 3 is 2.52 bits per heavy atom. The topological polar surface area (TPSA) is 52.6 Å². The molecule has 1 aromatic rings. The lowest BCUT2D eigenvalue weighted by Gasteiger charge is -2.29. The van der Waals surface area contributed by atoms with E-state index in [0.29, 0.717) is 12.6 Å². The van der Waals surface area contributed by atoms with Crippen LogP contribution in [-0.4, -0.2) is 41.1 Å². The van der Waals surface area contributed by atoms with Crippen LogP contribution in [0.2, 0.25) is 0 Å². The number of aryl methyl sites for hydroxylation is 1. The van der Waals surface area contributed by atoms with Gasteiger partial charge in [0.25, 0.3) is 0 Å². The van der Waals surface area contributed by atoms with Crippen LogP contribution in [0.15, 0.2) is 24.3 Å². The first-order valence-electron chi connectivity index (χ1n) is 7.80. The number of hydrogen-bond acceptors (Lipinski definition) is 3. The first-order chi connectivity index (χ1) is 10.0. The number of carbonyl (C=O) groups is 1. The van der Waals surface area contributed by atoms with E-state index in [-0.39, 0.29) is 11.9 Å². The molecule has 1 saturated carbocycles. The van der Waals surface area contributed by atoms with Crippen LogP contribution in [0.1, 0.15) is 43.9 Å². The molecule has 21 heavy (non-hydrogen) atoms. The van der Waals surface area contributed by atoms with Gasteiger partial charge in [-0.3, -0.25) is 9.69 Å². The van der Waals surface area contributed by atoms with E-state index >= 15 is 0 Å². The summed E-state index contributed by atoms with van der Waals surface area (Å²) >= 11 is 0. The summed E-state index contributed by atoms with van der Waals surface area (Å²) in [6, 6.07) is 8.05. The summed E-state index contributed by atoms with van der Waals surface area (Å²) in [7, 11) is 0. The Labute approximate surface area is 127 Å². The van der Waals surface area contributed by atoms with Gasteiger partial charge in [-0.05, 0) is 38.8 Å². The third-order valence-corrected chi connectivity index (χ3v) is 4.13. The Hall–Kier alpha value is -1.39. The molecular formula is C17H26N2O2. The molecule has 0 aromatic heterocycles. The van der Waals surface area contributed by atoms with Gasteiger partial charge in [0.05, 0.1) is 12.1 Å². The molecule has 0 saturated heterocycles. The Balaban J connectivity index is 1.93. The van der Waals surface area contributed by atoms with E-state index in [9.17, 15) is 9.90 Å². The first kappa shape index (κ1) is 16.0. The fourth-order valence-corrected chi connectivity index (χ4v) is 2.39. The fraction of sp³-hybridized carbons (Fsp3) is 0.588. The van der Waals surface area contributed by atoms with Gasteiger partial charge in [-0.15, -0.1) is 0 Å². The Kier molecular flexibility index (Phi) is 5.37. The molecule has 2 unspecified atom stereocenters. The summed E-state index contributed by atoms with van der Waals surface area (Å²) in [4.78, 5) is 14.1. The van der Waals surface area contributed by atoms with E-state index in [1.807, 2.05) is 49.9 Å². The number of carbonyl (C=O) groups excluding carboxylic acids is 1. The van der Waals surface area contributed by atoms with E-state index in [1.165, 1.54) is 5.56 Å². The zero-order valence-corrected chi connectivity index (χ0v) is 13.2. The van der Waals surface area contributed by atoms with Crippen molar-refractivity contribution in [1.29, 1.82) is 0 Å². The quantitative estimate of drug-likeness (QED) is 0.808. The van der Waals surface area contributed by atoms with Gasteiger partial charge in [0.15, 0.2) is 0 Å². The zero-order valence-electron chi connectivity index (χ0n) is 13.2. The van der Waals surface area contributed by atoms with Crippen molar-refractivity contribution in [2.75, 3.05) is 13.1 Å². The second-order valence-electron chi connectivity index (χ2n) is 5.97. The van der Waals surface area contributed by atoms with Crippen LogP contribution < -0.4 is 5.32 Å². The maximum Gasteiger partial charge on any atom is 0.237 e. The molecule has 0 aliphatic heterocycles. The van der Waals surface area contributed by atoms with Crippen molar-refractivity contribution in [2.45, 2.75) is 51.8 Å². The summed E-state index contributed by atoms with van der Waals surface area (Å²) in [6.45, 7) is 7.16. The van der Waals surface area contributed by atoms with Crippen LogP contribution in [0.4, 0.5) is 0 Å². The maximum absolute atomic E-state index is 12.1. The van der Waals surface area contributed by atoms with Crippen LogP contribution in [0.25, 0.3) is 0 Å². The minimum absolute atomic E-state index is 0.0652. The Bertz CT molecular complexity index is 468. The second-order valence-corrected chi connectivity index (χ2v) is 5.97. The summed E-state index contributed by atoms with van der Waals surface area (Å²) in [5.74, 6) is 0.0652. The standard InChI is InChI=1S/C17H26N2O2/c1-4-19(13(3)17(21)18-15-9-10-15)11-16(20)14-7-5-12(2)6-8-14/h5-8,13,15-16,20H,4,9-11H2,1-3H3,(H,18,21). The van der Waals surface area contributed by atoms with Crippen LogP contribution in [-0.2, 0) is 4.79 Å². The van der Waals surface area contributed by atoms with Crippen molar-refractivity contribution in [3.63, 3.8) is 0 Å². The first-order valence-corrected chi connectivity index (χ1v) is 7.80. The van der Waals surface area contributed by atoms with Crippen molar-refractivity contribution >= 4 is 5.91 Å². The third-order valence-electron chi connectivity index (χ3n) is 4.13. The highest BCUT2D eigenvalue weighted by molar-refractivity contribution is 5.81. The lowest BCUT2D eigenvalue weighted by molar-refractivity contribution is -0.126. The molecule has 2 atom stereocenters. The minimum Gasteiger partial charge on any atom is -0.387 e. The van der Waals surface area contributed by atoms with Crippen molar-refractivity contribution in [2.24, 2.45) is 0 Å². The molecule has 0 radical (unpaired) electrons. The molecule has 1 amide bonds. The normalized spacial score (nSPS) is 17.6. The number of likely N-dealkylation sites (N-methyl/N-ethyl adjacent to an activating group) is 1. The van der Waals surface area contributed by atoms with Gasteiger partial charge < -0.3 is 10.4 Å². The third kappa shape index (κ3) is 4.55. The summed E-state index contributed by atoms with van der Waals surface area (Å²) in [5.41, 5.74) is 2.07. The Morgan fingerprint density at radius 1 is 1.38 bits per heavy atom. The molecule has 2 N–H and O–H groups in total. The van der Waals surface area contributed by atoms with Crippen molar-refractivity contribution in [3.8, 4) is 0 Å². The number of aliphatic hydroxyl groups excluding tert-OH is 1. The number of benzene rings is 1. The van der Waals surface area contributed by atoms with Gasteiger partial charge in [-0.25, -0.2) is 0 Å². The predicted octanol–water partition coefficient (Wildman–Crippen LogP) is 2.02. The second kappa shape index (κ2) is 7.05. The molecule has 1 aromatic carbocycles. The number of rotatable bonds is 7. The number of amides is 1. The van der Waals surface area contributed by atoms with Gasteiger partial charge >= 0.3 is 0 Å². The molecule has 1 aliphatic rings. The van der Waals surface area contributed by atoms with Gasteiger partial charge in [-0.2, -0.15) is 0 Å².